The zero-order chi connectivity index (χ0) is 15.1. The molecular formula is C15H19NO5. The van der Waals surface area contributed by atoms with Crippen LogP contribution < -0.4 is 5.32 Å². The van der Waals surface area contributed by atoms with Gasteiger partial charge in [-0.2, -0.15) is 0 Å². The Labute approximate surface area is 123 Å². The van der Waals surface area contributed by atoms with E-state index in [2.05, 4.69) is 5.32 Å². The Morgan fingerprint density at radius 1 is 1.24 bits per heavy atom. The van der Waals surface area contributed by atoms with Gasteiger partial charge in [0.2, 0.25) is 0 Å². The Bertz CT molecular complexity index is 476. The minimum atomic E-state index is -0.629. The van der Waals surface area contributed by atoms with Gasteiger partial charge in [-0.15, -0.1) is 0 Å². The van der Waals surface area contributed by atoms with E-state index >= 15 is 0 Å². The highest BCUT2D eigenvalue weighted by molar-refractivity contribution is 5.86. The maximum atomic E-state index is 11.4. The summed E-state index contributed by atoms with van der Waals surface area (Å²) in [6, 6.07) is 9.40. The molecule has 2 atom stereocenters. The van der Waals surface area contributed by atoms with Gasteiger partial charge >= 0.3 is 12.1 Å². The summed E-state index contributed by atoms with van der Waals surface area (Å²) in [4.78, 5) is 22.4. The highest BCUT2D eigenvalue weighted by Crippen LogP contribution is 2.13. The van der Waals surface area contributed by atoms with Crippen molar-refractivity contribution in [3.8, 4) is 0 Å². The van der Waals surface area contributed by atoms with Crippen molar-refractivity contribution in [3.05, 3.63) is 35.9 Å². The third kappa shape index (κ3) is 4.75. The average molecular weight is 293 g/mol. The number of esters is 1. The number of carbonyl (C=O) groups excluding carboxylic acids is 2. The van der Waals surface area contributed by atoms with Crippen LogP contribution in [-0.4, -0.2) is 44.0 Å². The van der Waals surface area contributed by atoms with Crippen molar-refractivity contribution in [2.75, 3.05) is 19.8 Å². The van der Waals surface area contributed by atoms with E-state index in [0.717, 1.165) is 6.42 Å². The van der Waals surface area contributed by atoms with Gasteiger partial charge in [0.1, 0.15) is 12.7 Å². The second-order valence-corrected chi connectivity index (χ2v) is 4.75. The minimum Gasteiger partial charge on any atom is -0.458 e. The van der Waals surface area contributed by atoms with Crippen LogP contribution in [0.5, 0.6) is 0 Å². The molecule has 0 saturated carbocycles. The molecule has 6 nitrogen and oxygen atoms in total. The van der Waals surface area contributed by atoms with Crippen LogP contribution in [0.3, 0.4) is 0 Å². The first kappa shape index (κ1) is 15.3. The van der Waals surface area contributed by atoms with E-state index in [9.17, 15) is 9.59 Å². The molecule has 0 bridgehead atoms. The zero-order valence-electron chi connectivity index (χ0n) is 11.9. The lowest BCUT2D eigenvalue weighted by molar-refractivity contribution is -0.174. The molecule has 1 aliphatic rings. The summed E-state index contributed by atoms with van der Waals surface area (Å²) in [5.74, 6) is -0.432. The summed E-state index contributed by atoms with van der Waals surface area (Å²) < 4.78 is 15.0. The van der Waals surface area contributed by atoms with E-state index in [1.54, 1.807) is 6.92 Å². The van der Waals surface area contributed by atoms with Crippen LogP contribution in [-0.2, 0) is 25.4 Å². The first-order chi connectivity index (χ1) is 10.2. The molecule has 6 heteroatoms. The number of benzene rings is 1. The first-order valence-corrected chi connectivity index (χ1v) is 6.92. The SMILES string of the molecule is C[C@@H]1OC(=O)[C@@H]1NC(=O)OCCOCCc1ccccc1. The summed E-state index contributed by atoms with van der Waals surface area (Å²) in [5.41, 5.74) is 1.20. The molecule has 1 aromatic rings. The van der Waals surface area contributed by atoms with E-state index in [4.69, 9.17) is 14.2 Å². The number of amides is 1. The van der Waals surface area contributed by atoms with Gasteiger partial charge in [-0.1, -0.05) is 30.3 Å². The second kappa shape index (κ2) is 7.64. The molecule has 1 heterocycles. The molecule has 1 saturated heterocycles. The van der Waals surface area contributed by atoms with Gasteiger partial charge in [0.05, 0.1) is 13.2 Å². The number of alkyl carbamates (subject to hydrolysis) is 1. The number of rotatable bonds is 7. The van der Waals surface area contributed by atoms with Crippen LogP contribution in [0.1, 0.15) is 12.5 Å². The molecule has 1 N–H and O–H groups in total. The fourth-order valence-corrected chi connectivity index (χ4v) is 1.92. The maximum absolute atomic E-state index is 11.4. The summed E-state index contributed by atoms with van der Waals surface area (Å²) >= 11 is 0. The van der Waals surface area contributed by atoms with Gasteiger partial charge < -0.3 is 19.5 Å². The van der Waals surface area contributed by atoms with E-state index in [1.165, 1.54) is 5.56 Å². The van der Waals surface area contributed by atoms with E-state index < -0.39 is 18.1 Å². The number of nitrogens with one attached hydrogen (secondary N) is 1. The summed E-state index contributed by atoms with van der Waals surface area (Å²) in [6.45, 7) is 2.75. The second-order valence-electron chi connectivity index (χ2n) is 4.75. The normalized spacial score (nSPS) is 20.3. The number of hydrogen-bond acceptors (Lipinski definition) is 5. The Morgan fingerprint density at radius 3 is 2.67 bits per heavy atom. The van der Waals surface area contributed by atoms with Gasteiger partial charge in [0, 0.05) is 0 Å². The third-order valence-corrected chi connectivity index (χ3v) is 3.14. The third-order valence-electron chi connectivity index (χ3n) is 3.14. The van der Waals surface area contributed by atoms with Crippen LogP contribution in [0.2, 0.25) is 0 Å². The van der Waals surface area contributed by atoms with Gasteiger partial charge in [-0.3, -0.25) is 0 Å². The molecule has 0 aromatic heterocycles. The minimum absolute atomic E-state index is 0.150. The molecule has 0 radical (unpaired) electrons. The molecule has 1 aromatic carbocycles. The lowest BCUT2D eigenvalue weighted by atomic mass is 10.1. The van der Waals surface area contributed by atoms with Crippen LogP contribution in [0.25, 0.3) is 0 Å². The van der Waals surface area contributed by atoms with Crippen molar-refractivity contribution < 1.29 is 23.8 Å². The standard InChI is InChI=1S/C15H19NO5/c1-11-13(14(17)21-11)16-15(18)20-10-9-19-8-7-12-5-3-2-4-6-12/h2-6,11,13H,7-10H2,1H3,(H,16,18)/t11-,13+/m0/s1. The molecule has 1 amide bonds. The van der Waals surface area contributed by atoms with E-state index in [1.807, 2.05) is 30.3 Å². The zero-order valence-corrected chi connectivity index (χ0v) is 11.9. The van der Waals surface area contributed by atoms with Crippen molar-refractivity contribution in [3.63, 3.8) is 0 Å². The Morgan fingerprint density at radius 2 is 2.00 bits per heavy atom. The predicted octanol–water partition coefficient (Wildman–Crippen LogP) is 1.29. The highest BCUT2D eigenvalue weighted by atomic mass is 16.6. The van der Waals surface area contributed by atoms with Gasteiger partial charge in [0.15, 0.2) is 6.04 Å². The summed E-state index contributed by atoms with van der Waals surface area (Å²) in [7, 11) is 0. The van der Waals surface area contributed by atoms with Crippen molar-refractivity contribution in [1.29, 1.82) is 0 Å². The molecule has 114 valence electrons. The number of hydrogen-bond donors (Lipinski definition) is 1. The van der Waals surface area contributed by atoms with E-state index in [0.29, 0.717) is 13.2 Å². The van der Waals surface area contributed by atoms with Crippen molar-refractivity contribution in [2.24, 2.45) is 0 Å². The fourth-order valence-electron chi connectivity index (χ4n) is 1.92. The quantitative estimate of drug-likeness (QED) is 0.605. The van der Waals surface area contributed by atoms with Crippen LogP contribution in [0.4, 0.5) is 4.79 Å². The Balaban J connectivity index is 1.50. The Kier molecular flexibility index (Phi) is 5.57. The van der Waals surface area contributed by atoms with Gasteiger partial charge in [-0.05, 0) is 18.9 Å². The number of ether oxygens (including phenoxy) is 3. The summed E-state index contributed by atoms with van der Waals surface area (Å²) in [6.07, 6.45) is -0.110. The largest absolute Gasteiger partial charge is 0.458 e. The summed E-state index contributed by atoms with van der Waals surface area (Å²) in [5, 5.41) is 2.44. The topological polar surface area (TPSA) is 73.9 Å². The van der Waals surface area contributed by atoms with Crippen molar-refractivity contribution in [1.82, 2.24) is 5.32 Å². The van der Waals surface area contributed by atoms with Crippen LogP contribution >= 0.6 is 0 Å². The number of carbonyl (C=O) groups is 2. The molecule has 1 fully saturated rings. The highest BCUT2D eigenvalue weighted by Gasteiger charge is 2.40. The molecular weight excluding hydrogens is 274 g/mol. The first-order valence-electron chi connectivity index (χ1n) is 6.92. The van der Waals surface area contributed by atoms with Crippen molar-refractivity contribution >= 4 is 12.1 Å². The molecule has 0 spiro atoms. The lowest BCUT2D eigenvalue weighted by Crippen LogP contribution is -2.58. The predicted molar refractivity (Wildman–Crippen MR) is 74.8 cm³/mol. The molecule has 21 heavy (non-hydrogen) atoms. The molecule has 0 unspecified atom stereocenters. The molecule has 2 rings (SSSR count). The van der Waals surface area contributed by atoms with Gasteiger partial charge in [0.25, 0.3) is 0 Å². The molecule has 0 aliphatic carbocycles. The van der Waals surface area contributed by atoms with Crippen LogP contribution in [0, 0.1) is 0 Å². The average Bonchev–Trinajstić information content (AvgIpc) is 2.49. The van der Waals surface area contributed by atoms with E-state index in [-0.39, 0.29) is 12.7 Å². The monoisotopic (exact) mass is 293 g/mol. The maximum Gasteiger partial charge on any atom is 0.408 e. The number of cyclic esters (lactones) is 1. The van der Waals surface area contributed by atoms with Gasteiger partial charge in [-0.25, -0.2) is 9.59 Å². The fraction of sp³-hybridized carbons (Fsp3) is 0.467. The molecule has 1 aliphatic heterocycles. The van der Waals surface area contributed by atoms with Crippen molar-refractivity contribution in [2.45, 2.75) is 25.5 Å². The van der Waals surface area contributed by atoms with Crippen LogP contribution in [0.15, 0.2) is 30.3 Å². The lowest BCUT2D eigenvalue weighted by Gasteiger charge is -2.32. The Hall–Kier alpha value is -2.08. The smallest absolute Gasteiger partial charge is 0.408 e.